The second-order valence-electron chi connectivity index (χ2n) is 5.34. The van der Waals surface area contributed by atoms with Crippen molar-refractivity contribution in [1.82, 2.24) is 9.55 Å². The lowest BCUT2D eigenvalue weighted by molar-refractivity contribution is -0.123. The van der Waals surface area contributed by atoms with Gasteiger partial charge in [0.15, 0.2) is 5.78 Å². The Labute approximate surface area is 110 Å². The molecule has 1 aliphatic heterocycles. The third-order valence-electron chi connectivity index (χ3n) is 4.28. The molecule has 1 N–H and O–H groups in total. The standard InChI is InChI=1S/C15H13N3O/c16-8-15(5-6-15)14(19)13-11-4-2-1-3-10(11)12-7-17-9-18(12)13/h1-4,7-9,13,16H,5-6H2/t13-/m1/s1. The molecule has 2 aromatic rings. The lowest BCUT2D eigenvalue weighted by Gasteiger charge is -2.17. The summed E-state index contributed by atoms with van der Waals surface area (Å²) in [6.07, 6.45) is 6.46. The Morgan fingerprint density at radius 2 is 2.21 bits per heavy atom. The quantitative estimate of drug-likeness (QED) is 0.852. The van der Waals surface area contributed by atoms with Gasteiger partial charge in [-0.05, 0) is 18.4 Å². The zero-order chi connectivity index (χ0) is 13.0. The first-order valence-corrected chi connectivity index (χ1v) is 6.44. The molecule has 0 radical (unpaired) electrons. The van der Waals surface area contributed by atoms with Crippen LogP contribution in [0.1, 0.15) is 24.4 Å². The van der Waals surface area contributed by atoms with Crippen LogP contribution in [-0.4, -0.2) is 21.5 Å². The Morgan fingerprint density at radius 1 is 1.42 bits per heavy atom. The van der Waals surface area contributed by atoms with Gasteiger partial charge < -0.3 is 9.98 Å². The molecule has 1 atom stereocenters. The molecule has 1 aliphatic carbocycles. The van der Waals surface area contributed by atoms with Crippen LogP contribution in [0.25, 0.3) is 11.3 Å². The van der Waals surface area contributed by atoms with E-state index in [4.69, 9.17) is 5.41 Å². The van der Waals surface area contributed by atoms with E-state index < -0.39 is 5.41 Å². The van der Waals surface area contributed by atoms with Crippen LogP contribution in [0.4, 0.5) is 0 Å². The fraction of sp³-hybridized carbons (Fsp3) is 0.267. The van der Waals surface area contributed by atoms with Gasteiger partial charge in [0, 0.05) is 11.8 Å². The summed E-state index contributed by atoms with van der Waals surface area (Å²) in [5.74, 6) is 0.131. The highest BCUT2D eigenvalue weighted by Crippen LogP contribution is 2.51. The molecule has 0 amide bonds. The normalized spacial score (nSPS) is 21.6. The minimum atomic E-state index is -0.524. The molecule has 0 unspecified atom stereocenters. The molecule has 4 nitrogen and oxygen atoms in total. The topological polar surface area (TPSA) is 58.7 Å². The van der Waals surface area contributed by atoms with E-state index in [9.17, 15) is 4.79 Å². The second-order valence-corrected chi connectivity index (χ2v) is 5.34. The van der Waals surface area contributed by atoms with Gasteiger partial charge in [0.25, 0.3) is 0 Å². The molecule has 0 spiro atoms. The van der Waals surface area contributed by atoms with Crippen molar-refractivity contribution in [2.45, 2.75) is 18.9 Å². The van der Waals surface area contributed by atoms with Crippen LogP contribution in [0.5, 0.6) is 0 Å². The molecule has 0 bridgehead atoms. The molecule has 1 aromatic heterocycles. The van der Waals surface area contributed by atoms with Crippen molar-refractivity contribution in [3.63, 3.8) is 0 Å². The molecule has 2 aliphatic rings. The van der Waals surface area contributed by atoms with Crippen molar-refractivity contribution >= 4 is 12.0 Å². The lowest BCUT2D eigenvalue weighted by atomic mass is 9.91. The van der Waals surface area contributed by atoms with Gasteiger partial charge in [0.2, 0.25) is 0 Å². The Hall–Kier alpha value is -2.23. The number of Topliss-reactive ketones (excluding diaryl/α,β-unsaturated/α-hetero) is 1. The third-order valence-corrected chi connectivity index (χ3v) is 4.28. The fourth-order valence-corrected chi connectivity index (χ4v) is 2.97. The van der Waals surface area contributed by atoms with Gasteiger partial charge >= 0.3 is 0 Å². The third kappa shape index (κ3) is 1.26. The van der Waals surface area contributed by atoms with Gasteiger partial charge in [0.1, 0.15) is 6.04 Å². The van der Waals surface area contributed by atoms with Crippen LogP contribution in [0.3, 0.4) is 0 Å². The summed E-state index contributed by atoms with van der Waals surface area (Å²) >= 11 is 0. The van der Waals surface area contributed by atoms with Crippen molar-refractivity contribution in [3.05, 3.63) is 42.4 Å². The van der Waals surface area contributed by atoms with Gasteiger partial charge in [0.05, 0.1) is 23.6 Å². The van der Waals surface area contributed by atoms with E-state index in [0.717, 1.165) is 29.7 Å². The predicted molar refractivity (Wildman–Crippen MR) is 71.3 cm³/mol. The molecule has 19 heavy (non-hydrogen) atoms. The maximum absolute atomic E-state index is 12.8. The first kappa shape index (κ1) is 10.7. The second kappa shape index (κ2) is 3.41. The molecule has 4 rings (SSSR count). The minimum absolute atomic E-state index is 0.131. The number of rotatable bonds is 3. The SMILES string of the molecule is N=CC1(C(=O)[C@H]2c3ccccc3-c3cncn32)CC1. The number of benzene rings is 1. The lowest BCUT2D eigenvalue weighted by Crippen LogP contribution is -2.27. The number of carbonyl (C=O) groups is 1. The molecule has 1 aromatic carbocycles. The van der Waals surface area contributed by atoms with E-state index in [2.05, 4.69) is 4.98 Å². The molecular formula is C15H13N3O. The Kier molecular flexibility index (Phi) is 1.91. The zero-order valence-corrected chi connectivity index (χ0v) is 10.3. The van der Waals surface area contributed by atoms with E-state index in [1.165, 1.54) is 6.21 Å². The van der Waals surface area contributed by atoms with Crippen molar-refractivity contribution in [3.8, 4) is 11.3 Å². The number of carbonyl (C=O) groups excluding carboxylic acids is 1. The van der Waals surface area contributed by atoms with E-state index in [0.29, 0.717) is 0 Å². The van der Waals surface area contributed by atoms with Crippen LogP contribution < -0.4 is 0 Å². The molecule has 4 heteroatoms. The van der Waals surface area contributed by atoms with Crippen LogP contribution in [0.15, 0.2) is 36.8 Å². The average Bonchev–Trinajstić information content (AvgIpc) is 3.00. The van der Waals surface area contributed by atoms with Crippen LogP contribution in [-0.2, 0) is 4.79 Å². The smallest absolute Gasteiger partial charge is 0.171 e. The van der Waals surface area contributed by atoms with Crippen LogP contribution in [0, 0.1) is 10.8 Å². The highest BCUT2D eigenvalue weighted by Gasteiger charge is 2.52. The van der Waals surface area contributed by atoms with Crippen molar-refractivity contribution in [1.29, 1.82) is 5.41 Å². The number of aromatic nitrogens is 2. The summed E-state index contributed by atoms with van der Waals surface area (Å²) in [5.41, 5.74) is 2.59. The largest absolute Gasteiger partial charge is 0.316 e. The molecule has 2 heterocycles. The van der Waals surface area contributed by atoms with Gasteiger partial charge in [-0.2, -0.15) is 0 Å². The summed E-state index contributed by atoms with van der Waals surface area (Å²) in [6.45, 7) is 0. The van der Waals surface area contributed by atoms with Gasteiger partial charge in [-0.3, -0.25) is 4.79 Å². The first-order valence-electron chi connectivity index (χ1n) is 6.44. The van der Waals surface area contributed by atoms with Gasteiger partial charge in [-0.1, -0.05) is 24.3 Å². The summed E-state index contributed by atoms with van der Waals surface area (Å²) in [6, 6.07) is 7.67. The Morgan fingerprint density at radius 3 is 2.95 bits per heavy atom. The molecule has 1 fully saturated rings. The molecular weight excluding hydrogens is 238 g/mol. The summed E-state index contributed by atoms with van der Waals surface area (Å²) in [7, 11) is 0. The van der Waals surface area contributed by atoms with Crippen LogP contribution >= 0.6 is 0 Å². The maximum atomic E-state index is 12.8. The number of nitrogens with zero attached hydrogens (tertiary/aromatic N) is 2. The first-order chi connectivity index (χ1) is 9.27. The number of hydrogen-bond donors (Lipinski definition) is 1. The maximum Gasteiger partial charge on any atom is 0.171 e. The van der Waals surface area contributed by atoms with E-state index in [-0.39, 0.29) is 11.8 Å². The monoisotopic (exact) mass is 251 g/mol. The van der Waals surface area contributed by atoms with E-state index >= 15 is 0 Å². The summed E-state index contributed by atoms with van der Waals surface area (Å²) < 4.78 is 1.94. The predicted octanol–water partition coefficient (Wildman–Crippen LogP) is 2.45. The number of hydrogen-bond acceptors (Lipinski definition) is 3. The van der Waals surface area contributed by atoms with Crippen molar-refractivity contribution in [2.24, 2.45) is 5.41 Å². The number of imidazole rings is 1. The number of ketones is 1. The molecule has 1 saturated carbocycles. The van der Waals surface area contributed by atoms with Crippen molar-refractivity contribution in [2.75, 3.05) is 0 Å². The number of fused-ring (bicyclic) bond motifs is 3. The highest BCUT2D eigenvalue weighted by molar-refractivity contribution is 6.06. The molecule has 94 valence electrons. The average molecular weight is 251 g/mol. The summed E-state index contributed by atoms with van der Waals surface area (Å²) in [4.78, 5) is 16.9. The van der Waals surface area contributed by atoms with Crippen molar-refractivity contribution < 1.29 is 4.79 Å². The number of nitrogens with one attached hydrogen (secondary N) is 1. The Bertz CT molecular complexity index is 697. The van der Waals surface area contributed by atoms with Gasteiger partial charge in [-0.15, -0.1) is 0 Å². The summed E-state index contributed by atoms with van der Waals surface area (Å²) in [5, 5.41) is 7.52. The fourth-order valence-electron chi connectivity index (χ4n) is 2.97. The Balaban J connectivity index is 1.90. The van der Waals surface area contributed by atoms with E-state index in [1.807, 2.05) is 28.8 Å². The minimum Gasteiger partial charge on any atom is -0.316 e. The zero-order valence-electron chi connectivity index (χ0n) is 10.3. The molecule has 0 saturated heterocycles. The highest BCUT2D eigenvalue weighted by atomic mass is 16.1. The van der Waals surface area contributed by atoms with Crippen LogP contribution in [0.2, 0.25) is 0 Å². The van der Waals surface area contributed by atoms with Gasteiger partial charge in [-0.25, -0.2) is 4.98 Å². The van der Waals surface area contributed by atoms with E-state index in [1.54, 1.807) is 12.5 Å².